The molecule has 0 aliphatic carbocycles. The Bertz CT molecular complexity index is 561. The van der Waals surface area contributed by atoms with E-state index < -0.39 is 0 Å². The summed E-state index contributed by atoms with van der Waals surface area (Å²) in [5.41, 5.74) is 2.74. The lowest BCUT2D eigenvalue weighted by Gasteiger charge is -2.15. The summed E-state index contributed by atoms with van der Waals surface area (Å²) in [6.45, 7) is 6.48. The molecule has 0 spiro atoms. The van der Waals surface area contributed by atoms with E-state index >= 15 is 0 Å². The first-order valence-electron chi connectivity index (χ1n) is 6.80. The van der Waals surface area contributed by atoms with Gasteiger partial charge in [-0.15, -0.1) is 0 Å². The van der Waals surface area contributed by atoms with Crippen LogP contribution in [-0.2, 0) is 6.54 Å². The highest BCUT2D eigenvalue weighted by Crippen LogP contribution is 2.21. The molecule has 0 fully saturated rings. The number of ether oxygens (including phenoxy) is 1. The maximum atomic E-state index is 13.3. The van der Waals surface area contributed by atoms with Crippen LogP contribution in [0.25, 0.3) is 0 Å². The van der Waals surface area contributed by atoms with E-state index in [-0.39, 0.29) is 11.9 Å². The van der Waals surface area contributed by atoms with Gasteiger partial charge in [0, 0.05) is 17.8 Å². The largest absolute Gasteiger partial charge is 0.491 e. The Morgan fingerprint density at radius 1 is 1.15 bits per heavy atom. The van der Waals surface area contributed by atoms with E-state index in [2.05, 4.69) is 5.32 Å². The molecule has 0 saturated heterocycles. The molecule has 0 saturated carbocycles. The molecule has 2 aromatic rings. The molecule has 1 N–H and O–H groups in total. The van der Waals surface area contributed by atoms with Crippen LogP contribution in [0.2, 0.25) is 0 Å². The molecule has 0 bridgehead atoms. The van der Waals surface area contributed by atoms with Crippen molar-refractivity contribution >= 4 is 5.69 Å². The van der Waals surface area contributed by atoms with Crippen LogP contribution in [0.4, 0.5) is 10.1 Å². The standard InChI is InChI=1S/C17H20FNO/c1-12(2)20-17-7-5-4-6-14(17)11-19-16-9-13(3)8-15(18)10-16/h4-10,12,19H,11H2,1-3H3. The van der Waals surface area contributed by atoms with Crippen molar-refractivity contribution in [3.05, 3.63) is 59.4 Å². The van der Waals surface area contributed by atoms with Crippen molar-refractivity contribution in [1.29, 1.82) is 0 Å². The van der Waals surface area contributed by atoms with Crippen molar-refractivity contribution in [2.24, 2.45) is 0 Å². The Morgan fingerprint density at radius 3 is 2.60 bits per heavy atom. The van der Waals surface area contributed by atoms with Gasteiger partial charge in [-0.1, -0.05) is 18.2 Å². The number of halogens is 1. The molecule has 0 radical (unpaired) electrons. The number of anilines is 1. The van der Waals surface area contributed by atoms with E-state index in [0.717, 1.165) is 22.6 Å². The molecular weight excluding hydrogens is 253 g/mol. The first kappa shape index (κ1) is 14.4. The van der Waals surface area contributed by atoms with Crippen LogP contribution >= 0.6 is 0 Å². The summed E-state index contributed by atoms with van der Waals surface area (Å²) < 4.78 is 19.1. The third kappa shape index (κ3) is 3.98. The summed E-state index contributed by atoms with van der Waals surface area (Å²) >= 11 is 0. The highest BCUT2D eigenvalue weighted by atomic mass is 19.1. The lowest BCUT2D eigenvalue weighted by Crippen LogP contribution is -2.09. The average molecular weight is 273 g/mol. The molecule has 0 aliphatic heterocycles. The van der Waals surface area contributed by atoms with Gasteiger partial charge in [0.1, 0.15) is 11.6 Å². The van der Waals surface area contributed by atoms with Gasteiger partial charge >= 0.3 is 0 Å². The molecule has 3 heteroatoms. The van der Waals surface area contributed by atoms with E-state index in [9.17, 15) is 4.39 Å². The van der Waals surface area contributed by atoms with Gasteiger partial charge in [0.05, 0.1) is 6.10 Å². The highest BCUT2D eigenvalue weighted by molar-refractivity contribution is 5.47. The quantitative estimate of drug-likeness (QED) is 0.864. The zero-order valence-corrected chi connectivity index (χ0v) is 12.1. The molecule has 2 aromatic carbocycles. The molecule has 0 heterocycles. The third-order valence-corrected chi connectivity index (χ3v) is 2.86. The van der Waals surface area contributed by atoms with Crippen molar-refractivity contribution in [1.82, 2.24) is 0 Å². The fraction of sp³-hybridized carbons (Fsp3) is 0.294. The van der Waals surface area contributed by atoms with Gasteiger partial charge in [0.25, 0.3) is 0 Å². The second-order valence-electron chi connectivity index (χ2n) is 5.15. The first-order valence-corrected chi connectivity index (χ1v) is 6.80. The minimum atomic E-state index is -0.223. The third-order valence-electron chi connectivity index (χ3n) is 2.86. The van der Waals surface area contributed by atoms with Gasteiger partial charge < -0.3 is 10.1 Å². The minimum absolute atomic E-state index is 0.132. The second-order valence-corrected chi connectivity index (χ2v) is 5.15. The van der Waals surface area contributed by atoms with E-state index in [4.69, 9.17) is 4.74 Å². The number of hydrogen-bond donors (Lipinski definition) is 1. The molecule has 2 nitrogen and oxygen atoms in total. The van der Waals surface area contributed by atoms with Crippen molar-refractivity contribution in [2.45, 2.75) is 33.4 Å². The fourth-order valence-corrected chi connectivity index (χ4v) is 2.05. The van der Waals surface area contributed by atoms with Crippen molar-refractivity contribution in [3.63, 3.8) is 0 Å². The zero-order valence-electron chi connectivity index (χ0n) is 12.1. The maximum Gasteiger partial charge on any atom is 0.125 e. The normalized spacial score (nSPS) is 10.7. The van der Waals surface area contributed by atoms with Crippen LogP contribution < -0.4 is 10.1 Å². The predicted molar refractivity (Wildman–Crippen MR) is 80.7 cm³/mol. The minimum Gasteiger partial charge on any atom is -0.491 e. The number of benzene rings is 2. The van der Waals surface area contributed by atoms with Crippen LogP contribution in [0, 0.1) is 12.7 Å². The van der Waals surface area contributed by atoms with Gasteiger partial charge in [-0.25, -0.2) is 4.39 Å². The summed E-state index contributed by atoms with van der Waals surface area (Å²) in [4.78, 5) is 0. The number of hydrogen-bond acceptors (Lipinski definition) is 2. The summed E-state index contributed by atoms with van der Waals surface area (Å²) in [6.07, 6.45) is 0.132. The molecule has 0 aromatic heterocycles. The lowest BCUT2D eigenvalue weighted by atomic mass is 10.1. The van der Waals surface area contributed by atoms with Crippen molar-refractivity contribution in [3.8, 4) is 5.75 Å². The summed E-state index contributed by atoms with van der Waals surface area (Å²) in [5, 5.41) is 3.24. The molecule has 0 amide bonds. The topological polar surface area (TPSA) is 21.3 Å². The zero-order chi connectivity index (χ0) is 14.5. The molecule has 0 atom stereocenters. The highest BCUT2D eigenvalue weighted by Gasteiger charge is 2.05. The van der Waals surface area contributed by atoms with Crippen LogP contribution in [0.15, 0.2) is 42.5 Å². The molecule has 20 heavy (non-hydrogen) atoms. The lowest BCUT2D eigenvalue weighted by molar-refractivity contribution is 0.240. The molecule has 0 unspecified atom stereocenters. The number of aryl methyl sites for hydroxylation is 1. The van der Waals surface area contributed by atoms with Crippen molar-refractivity contribution in [2.75, 3.05) is 5.32 Å². The van der Waals surface area contributed by atoms with E-state index in [0.29, 0.717) is 6.54 Å². The van der Waals surface area contributed by atoms with Gasteiger partial charge in [0.2, 0.25) is 0 Å². The van der Waals surface area contributed by atoms with E-state index in [1.807, 2.05) is 51.1 Å². The Hall–Kier alpha value is -2.03. The molecule has 0 aliphatic rings. The van der Waals surface area contributed by atoms with E-state index in [1.54, 1.807) is 0 Å². The van der Waals surface area contributed by atoms with Gasteiger partial charge in [-0.3, -0.25) is 0 Å². The second kappa shape index (κ2) is 6.42. The first-order chi connectivity index (χ1) is 9.54. The van der Waals surface area contributed by atoms with Gasteiger partial charge in [-0.2, -0.15) is 0 Å². The molecule has 106 valence electrons. The molecular formula is C17H20FNO. The van der Waals surface area contributed by atoms with Gasteiger partial charge in [0.15, 0.2) is 0 Å². The average Bonchev–Trinajstić information content (AvgIpc) is 2.36. The summed E-state index contributed by atoms with van der Waals surface area (Å²) in [6, 6.07) is 12.8. The van der Waals surface area contributed by atoms with Crippen LogP contribution in [-0.4, -0.2) is 6.10 Å². The Kier molecular flexibility index (Phi) is 4.61. The number of para-hydroxylation sites is 1. The smallest absolute Gasteiger partial charge is 0.125 e. The van der Waals surface area contributed by atoms with Crippen LogP contribution in [0.5, 0.6) is 5.75 Å². The fourth-order valence-electron chi connectivity index (χ4n) is 2.05. The van der Waals surface area contributed by atoms with Gasteiger partial charge in [-0.05, 0) is 50.6 Å². The predicted octanol–water partition coefficient (Wildman–Crippen LogP) is 4.53. The maximum absolute atomic E-state index is 13.3. The summed E-state index contributed by atoms with van der Waals surface area (Å²) in [5.74, 6) is 0.641. The Balaban J connectivity index is 2.10. The number of nitrogens with one attached hydrogen (secondary N) is 1. The molecule has 2 rings (SSSR count). The van der Waals surface area contributed by atoms with Crippen LogP contribution in [0.1, 0.15) is 25.0 Å². The number of rotatable bonds is 5. The van der Waals surface area contributed by atoms with Crippen molar-refractivity contribution < 1.29 is 9.13 Å². The summed E-state index contributed by atoms with van der Waals surface area (Å²) in [7, 11) is 0. The SMILES string of the molecule is Cc1cc(F)cc(NCc2ccccc2OC(C)C)c1. The Morgan fingerprint density at radius 2 is 1.90 bits per heavy atom. The van der Waals surface area contributed by atoms with E-state index in [1.165, 1.54) is 12.1 Å². The van der Waals surface area contributed by atoms with Crippen LogP contribution in [0.3, 0.4) is 0 Å². The monoisotopic (exact) mass is 273 g/mol. The Labute approximate surface area is 119 Å².